The number of ether oxygens (including phenoxy) is 1. The third kappa shape index (κ3) is 7.81. The first-order chi connectivity index (χ1) is 30.5. The second-order valence-electron chi connectivity index (χ2n) is 20.9. The van der Waals surface area contributed by atoms with Crippen molar-refractivity contribution in [2.75, 3.05) is 0 Å². The molecule has 2 aliphatic carbocycles. The third-order valence-corrected chi connectivity index (χ3v) is 14.3. The van der Waals surface area contributed by atoms with Gasteiger partial charge >= 0.3 is 274 Å². The maximum atomic E-state index is 6.99. The first-order valence-corrected chi connectivity index (χ1v) is 23.9. The molecule has 0 unspecified atom stereocenters. The van der Waals surface area contributed by atoms with Gasteiger partial charge in [0.05, 0.1) is 0 Å². The van der Waals surface area contributed by atoms with Crippen LogP contribution in [0.25, 0.3) is 50.0 Å². The molecule has 0 spiro atoms. The summed E-state index contributed by atoms with van der Waals surface area (Å²) in [5, 5.41) is 2.35. The molecule has 9 aromatic rings. The Morgan fingerprint density at radius 2 is 1.25 bits per heavy atom. The molecule has 0 radical (unpaired) electrons. The van der Waals surface area contributed by atoms with E-state index in [2.05, 4.69) is 235 Å². The zero-order valence-electron chi connectivity index (χ0n) is 38.6. The van der Waals surface area contributed by atoms with Gasteiger partial charge in [-0.2, -0.15) is 0 Å². The Balaban J connectivity index is 1.07. The number of hydrogen-bond acceptors (Lipinski definition) is 2. The van der Waals surface area contributed by atoms with Crippen LogP contribution in [0.15, 0.2) is 140 Å². The van der Waals surface area contributed by atoms with Crippen LogP contribution in [0.1, 0.15) is 101 Å². The van der Waals surface area contributed by atoms with Crippen LogP contribution in [-0.4, -0.2) is 18.5 Å². The number of nitrogens with zero attached hydrogens (tertiary/aromatic N) is 4. The molecule has 6 heteroatoms. The van der Waals surface area contributed by atoms with E-state index in [1.54, 1.807) is 0 Å². The van der Waals surface area contributed by atoms with Gasteiger partial charge in [-0.3, -0.25) is 0 Å². The van der Waals surface area contributed by atoms with Crippen molar-refractivity contribution in [3.63, 3.8) is 0 Å². The van der Waals surface area contributed by atoms with Crippen molar-refractivity contribution in [1.29, 1.82) is 0 Å². The Labute approximate surface area is 388 Å². The minimum Gasteiger partial charge on any atom is -0.0579 e. The first-order valence-electron chi connectivity index (χ1n) is 22.8. The number of para-hydroxylation sites is 1. The molecule has 0 saturated heterocycles. The second kappa shape index (κ2) is 15.7. The summed E-state index contributed by atoms with van der Waals surface area (Å²) < 4.78 is 15.3. The van der Waals surface area contributed by atoms with Gasteiger partial charge in [-0.15, -0.1) is 0 Å². The molecule has 0 saturated carbocycles. The molecule has 0 fully saturated rings. The molecule has 4 aromatic heterocycles. The average molecular weight is 1020 g/mol. The second-order valence-corrected chi connectivity index (χ2v) is 21.9. The topological polar surface area (TPSA) is 36.4 Å². The van der Waals surface area contributed by atoms with Crippen LogP contribution in [0, 0.1) is 3.80 Å². The molecular weight excluding hydrogens is 964 g/mol. The SMILES string of the molecule is CC(C)(C)c1ccc(-c2cnc(-n3c4ccccc4c4ccc(Oc5cc(-n6cc7c8ccc(n7[c]6=[Pt])CCc6ccc(cc6)CC8)cc(C(C)(C)C)c5)cc43)cc2C(C)(C)C)cc1. The van der Waals surface area contributed by atoms with Gasteiger partial charge in [-0.1, -0.05) is 77.9 Å². The molecule has 4 bridgehead atoms. The monoisotopic (exact) mass is 1020 g/mol. The van der Waals surface area contributed by atoms with Gasteiger partial charge in [-0.25, -0.2) is 0 Å². The van der Waals surface area contributed by atoms with Crippen molar-refractivity contribution in [1.82, 2.24) is 18.5 Å². The standard InChI is InChI=1S/C58H58N4O.Pt/c1-56(2,3)42-24-21-40(22-25-42)50-35-59-55(34-51(50)58(7,8)9)62-52-13-11-10-12-48(52)49-29-28-46(33-53(49)62)63-47-31-43(57(4,5)6)30-45(32-47)60-36-54-41-20-18-38-14-16-39(17-15-38)19-26-44(27-23-41)61(54)37-60;/h10-17,21-25,27-36H,18-20,26H2,1-9H3;. The van der Waals surface area contributed by atoms with E-state index in [-0.39, 0.29) is 16.2 Å². The first kappa shape index (κ1) is 42.2. The van der Waals surface area contributed by atoms with Crippen LogP contribution in [0.5, 0.6) is 11.5 Å². The molecular formula is C58H58N4OPt. The predicted molar refractivity (Wildman–Crippen MR) is 261 cm³/mol. The molecule has 64 heavy (non-hydrogen) atoms. The van der Waals surface area contributed by atoms with E-state index in [1.165, 1.54) is 55.5 Å². The van der Waals surface area contributed by atoms with Gasteiger partial charge in [0.1, 0.15) is 0 Å². The third-order valence-electron chi connectivity index (χ3n) is 13.2. The number of imidazole rings is 1. The van der Waals surface area contributed by atoms with Gasteiger partial charge in [0.15, 0.2) is 0 Å². The number of aromatic nitrogens is 4. The summed E-state index contributed by atoms with van der Waals surface area (Å²) in [6.07, 6.45) is 8.40. The van der Waals surface area contributed by atoms with E-state index >= 15 is 0 Å². The van der Waals surface area contributed by atoms with E-state index in [9.17, 15) is 0 Å². The fourth-order valence-corrected chi connectivity index (χ4v) is 10.5. The number of fused-ring (bicyclic) bond motifs is 3. The predicted octanol–water partition coefficient (Wildman–Crippen LogP) is 14.5. The summed E-state index contributed by atoms with van der Waals surface area (Å²) in [5.41, 5.74) is 16.0. The van der Waals surface area contributed by atoms with E-state index in [4.69, 9.17) is 9.72 Å². The Kier molecular flexibility index (Phi) is 10.4. The molecule has 0 atom stereocenters. The van der Waals surface area contributed by atoms with Gasteiger partial charge in [0.2, 0.25) is 0 Å². The number of rotatable bonds is 5. The smallest absolute Gasteiger partial charge is 0.0579 e. The van der Waals surface area contributed by atoms with Crippen molar-refractivity contribution in [2.45, 2.75) is 104 Å². The van der Waals surface area contributed by atoms with Crippen molar-refractivity contribution < 1.29 is 24.1 Å². The summed E-state index contributed by atoms with van der Waals surface area (Å²) in [7, 11) is 0. The number of hydrogen-bond donors (Lipinski definition) is 0. The minimum atomic E-state index is -0.121. The van der Waals surface area contributed by atoms with Gasteiger partial charge in [0.25, 0.3) is 0 Å². The quantitative estimate of drug-likeness (QED) is 0.172. The summed E-state index contributed by atoms with van der Waals surface area (Å²) in [6.45, 7) is 20.5. The Morgan fingerprint density at radius 3 is 1.95 bits per heavy atom. The zero-order valence-corrected chi connectivity index (χ0v) is 40.9. The fourth-order valence-electron chi connectivity index (χ4n) is 9.46. The molecule has 5 aromatic carbocycles. The molecule has 0 amide bonds. The van der Waals surface area contributed by atoms with Crippen LogP contribution in [-0.2, 0) is 61.3 Å². The molecule has 6 heterocycles. The van der Waals surface area contributed by atoms with Gasteiger partial charge in [-0.05, 0) is 27.5 Å². The van der Waals surface area contributed by atoms with Gasteiger partial charge < -0.3 is 0 Å². The molecule has 5 nitrogen and oxygen atoms in total. The Bertz CT molecular complexity index is 3310. The number of benzene rings is 5. The number of pyridine rings is 2. The van der Waals surface area contributed by atoms with Crippen LogP contribution >= 0.6 is 0 Å². The molecule has 0 N–H and O–H groups in total. The van der Waals surface area contributed by atoms with E-state index in [0.717, 1.165) is 74.5 Å². The zero-order chi connectivity index (χ0) is 44.7. The van der Waals surface area contributed by atoms with Crippen LogP contribution < -0.4 is 4.74 Å². The van der Waals surface area contributed by atoms with Crippen molar-refractivity contribution in [2.24, 2.45) is 0 Å². The molecule has 326 valence electrons. The van der Waals surface area contributed by atoms with E-state index in [1.807, 2.05) is 0 Å². The molecule has 13 rings (SSSR count). The summed E-state index contributed by atoms with van der Waals surface area (Å²) in [6, 6.07) is 47.2. The fraction of sp³-hybridized carbons (Fsp3) is 0.276. The molecule has 4 aliphatic rings. The van der Waals surface area contributed by atoms with Crippen LogP contribution in [0.3, 0.4) is 0 Å². The van der Waals surface area contributed by atoms with Gasteiger partial charge in [0, 0.05) is 11.8 Å². The Morgan fingerprint density at radius 1 is 0.562 bits per heavy atom. The van der Waals surface area contributed by atoms with E-state index in [0.29, 0.717) is 0 Å². The normalized spacial score (nSPS) is 13.5. The Hall–Kier alpha value is -5.77. The minimum absolute atomic E-state index is 0.0904. The van der Waals surface area contributed by atoms with Crippen molar-refractivity contribution in [3.8, 4) is 34.1 Å². The number of aryl methyl sites for hydroxylation is 4. The van der Waals surface area contributed by atoms with Crippen molar-refractivity contribution in [3.05, 3.63) is 183 Å². The molecule has 2 aliphatic heterocycles. The average Bonchev–Trinajstić information content (AvgIpc) is 3.78. The van der Waals surface area contributed by atoms with Crippen molar-refractivity contribution >= 4 is 27.3 Å². The van der Waals surface area contributed by atoms with E-state index < -0.39 is 0 Å². The summed E-state index contributed by atoms with van der Waals surface area (Å²) in [5.74, 6) is 2.49. The van der Waals surface area contributed by atoms with Crippen LogP contribution in [0.2, 0.25) is 0 Å². The van der Waals surface area contributed by atoms with Crippen LogP contribution in [0.4, 0.5) is 0 Å². The maximum absolute atomic E-state index is 6.99. The summed E-state index contributed by atoms with van der Waals surface area (Å²) >= 11 is 2.53. The summed E-state index contributed by atoms with van der Waals surface area (Å²) in [4.78, 5) is 5.23.